The number of fused-ring (bicyclic) bond motifs is 10. The van der Waals surface area contributed by atoms with Crippen molar-refractivity contribution in [1.29, 1.82) is 0 Å². The van der Waals surface area contributed by atoms with Gasteiger partial charge in [-0.1, -0.05) is 132 Å². The van der Waals surface area contributed by atoms with Crippen LogP contribution in [-0.2, 0) is 47.8 Å². The number of benzene rings is 6. The van der Waals surface area contributed by atoms with Crippen LogP contribution in [0.4, 0.5) is 0 Å². The molecule has 0 saturated carbocycles. The van der Waals surface area contributed by atoms with Gasteiger partial charge in [0.05, 0.1) is 13.2 Å². The Morgan fingerprint density at radius 2 is 1.09 bits per heavy atom. The summed E-state index contributed by atoms with van der Waals surface area (Å²) in [6.45, 7) is 3.70. The average Bonchev–Trinajstić information content (AvgIpc) is 3.89. The zero-order chi connectivity index (χ0) is 38.7. The number of hydrogen-bond acceptors (Lipinski definition) is 5. The minimum Gasteiger partial charge on any atom is -0.465 e. The van der Waals surface area contributed by atoms with Gasteiger partial charge in [0.1, 0.15) is 11.2 Å². The van der Waals surface area contributed by atoms with Gasteiger partial charge in [-0.25, -0.2) is 0 Å². The smallest absolute Gasteiger partial charge is 0.324 e. The molecule has 0 amide bonds. The number of rotatable bonds is 7. The molecule has 2 unspecified atom stereocenters. The summed E-state index contributed by atoms with van der Waals surface area (Å²) < 4.78 is 19.3. The highest BCUT2D eigenvalue weighted by atomic mass is 35.5. The van der Waals surface area contributed by atoms with E-state index in [9.17, 15) is 9.59 Å². The van der Waals surface area contributed by atoms with E-state index in [1.165, 1.54) is 0 Å². The molecule has 0 saturated heterocycles. The minimum atomic E-state index is -1.66. The highest BCUT2D eigenvalue weighted by molar-refractivity contribution is 6.30. The maximum atomic E-state index is 14.3. The zero-order valence-corrected chi connectivity index (χ0v) is 32.3. The molecule has 56 heavy (non-hydrogen) atoms. The number of halogens is 2. The van der Waals surface area contributed by atoms with Gasteiger partial charge < -0.3 is 14.2 Å². The van der Waals surface area contributed by atoms with Gasteiger partial charge in [0.15, 0.2) is 5.41 Å². The predicted molar refractivity (Wildman–Crippen MR) is 218 cm³/mol. The monoisotopic (exact) mass is 774 g/mol. The third-order valence-electron chi connectivity index (χ3n) is 11.4. The van der Waals surface area contributed by atoms with Gasteiger partial charge in [-0.2, -0.15) is 0 Å². The van der Waals surface area contributed by atoms with Crippen molar-refractivity contribution in [2.75, 3.05) is 13.2 Å². The molecule has 276 valence electrons. The molecule has 6 aromatic rings. The molecule has 0 spiro atoms. The predicted octanol–water partition coefficient (Wildman–Crippen LogP) is 10.2. The lowest BCUT2D eigenvalue weighted by atomic mass is 9.64. The maximum Gasteiger partial charge on any atom is 0.324 e. The van der Waals surface area contributed by atoms with Crippen LogP contribution in [0.5, 0.6) is 0 Å². The van der Waals surface area contributed by atoms with Crippen molar-refractivity contribution in [3.63, 3.8) is 0 Å². The molecule has 6 aromatic carbocycles. The van der Waals surface area contributed by atoms with Crippen LogP contribution >= 0.6 is 23.2 Å². The van der Waals surface area contributed by atoms with E-state index in [0.29, 0.717) is 15.6 Å². The lowest BCUT2D eigenvalue weighted by Crippen LogP contribution is -2.43. The van der Waals surface area contributed by atoms with Gasteiger partial charge in [-0.05, 0) is 89.2 Å². The van der Waals surface area contributed by atoms with Crippen molar-refractivity contribution >= 4 is 35.1 Å². The second-order valence-corrected chi connectivity index (χ2v) is 15.2. The van der Waals surface area contributed by atoms with E-state index >= 15 is 0 Å². The summed E-state index contributed by atoms with van der Waals surface area (Å²) in [5, 5.41) is 1.19. The molecule has 0 radical (unpaired) electrons. The van der Waals surface area contributed by atoms with Gasteiger partial charge in [-0.3, -0.25) is 9.59 Å². The first kappa shape index (κ1) is 36.0. The van der Waals surface area contributed by atoms with Gasteiger partial charge in [0.25, 0.3) is 0 Å². The Morgan fingerprint density at radius 3 is 1.62 bits per heavy atom. The quantitative estimate of drug-likeness (QED) is 0.0918. The molecule has 9 rings (SSSR count). The van der Waals surface area contributed by atoms with E-state index in [-0.39, 0.29) is 26.1 Å². The highest BCUT2D eigenvalue weighted by Gasteiger charge is 2.68. The third-order valence-corrected chi connectivity index (χ3v) is 11.9. The normalized spacial score (nSPS) is 19.3. The summed E-state index contributed by atoms with van der Waals surface area (Å²) in [6.07, 6.45) is 0.0766. The van der Waals surface area contributed by atoms with Crippen molar-refractivity contribution in [1.82, 2.24) is 0 Å². The molecule has 2 aliphatic heterocycles. The summed E-state index contributed by atoms with van der Waals surface area (Å²) in [5.74, 6) is 5.76. The molecular formula is C49H36Cl2O5. The van der Waals surface area contributed by atoms with E-state index in [1.54, 1.807) is 13.8 Å². The Labute approximate surface area is 336 Å². The SMILES string of the molecule is CCOC(=O)C1(C(=O)OCC)Cc2c(C#Cc3ccc(Cl)cc3)c(-c3ccc(Cl)cc3)c3c(c2C1)C1(c2ccccc2)OC3(c2ccccc2)c2ccccc21. The Bertz CT molecular complexity index is 2570. The van der Waals surface area contributed by atoms with Crippen molar-refractivity contribution in [3.8, 4) is 23.0 Å². The van der Waals surface area contributed by atoms with Gasteiger partial charge in [-0.15, -0.1) is 0 Å². The molecule has 2 heterocycles. The van der Waals surface area contributed by atoms with Gasteiger partial charge in [0, 0.05) is 50.7 Å². The van der Waals surface area contributed by atoms with Crippen LogP contribution in [0.2, 0.25) is 10.0 Å². The van der Waals surface area contributed by atoms with Crippen LogP contribution in [-0.4, -0.2) is 25.2 Å². The highest BCUT2D eigenvalue weighted by Crippen LogP contribution is 2.70. The molecule has 7 heteroatoms. The van der Waals surface area contributed by atoms with Crippen LogP contribution in [0.15, 0.2) is 133 Å². The molecule has 0 aromatic heterocycles. The Balaban J connectivity index is 1.50. The van der Waals surface area contributed by atoms with Crippen molar-refractivity contribution in [2.45, 2.75) is 37.9 Å². The Kier molecular flexibility index (Phi) is 8.90. The van der Waals surface area contributed by atoms with Crippen molar-refractivity contribution in [2.24, 2.45) is 5.41 Å². The zero-order valence-electron chi connectivity index (χ0n) is 30.8. The second kappa shape index (κ2) is 13.8. The summed E-state index contributed by atoms with van der Waals surface area (Å²) in [5.41, 5.74) is 6.55. The maximum absolute atomic E-state index is 14.3. The van der Waals surface area contributed by atoms with E-state index in [4.69, 9.17) is 37.4 Å². The van der Waals surface area contributed by atoms with Crippen LogP contribution in [0.25, 0.3) is 11.1 Å². The van der Waals surface area contributed by atoms with Gasteiger partial charge >= 0.3 is 11.9 Å². The van der Waals surface area contributed by atoms with E-state index in [1.807, 2.05) is 91.0 Å². The fraction of sp³-hybridized carbons (Fsp3) is 0.184. The fourth-order valence-electron chi connectivity index (χ4n) is 9.14. The minimum absolute atomic E-state index is 0.0311. The average molecular weight is 776 g/mol. The lowest BCUT2D eigenvalue weighted by molar-refractivity contribution is -0.171. The lowest BCUT2D eigenvalue weighted by Gasteiger charge is -2.35. The molecule has 1 aliphatic carbocycles. The Hall–Kier alpha value is -5.64. The Morgan fingerprint density at radius 1 is 0.607 bits per heavy atom. The van der Waals surface area contributed by atoms with Crippen LogP contribution in [0.3, 0.4) is 0 Å². The standard InChI is InChI=1S/C49H36Cl2O5/c1-3-54-45(52)47(46(53)55-4-2)29-38-37(28-21-31-19-24-35(50)25-20-31)42(32-22-26-36(51)27-23-32)44-43(39(38)30-47)48(33-13-7-5-8-14-33)40-17-11-12-18-41(40)49(44,56-48)34-15-9-6-10-16-34/h5-20,22-27H,3-4,29-30H2,1-2H3. The third kappa shape index (κ3) is 5.20. The first-order chi connectivity index (χ1) is 27.3. The first-order valence-corrected chi connectivity index (χ1v) is 19.6. The summed E-state index contributed by atoms with van der Waals surface area (Å²) in [7, 11) is 0. The molecule has 0 N–H and O–H groups in total. The summed E-state index contributed by atoms with van der Waals surface area (Å²) in [6, 6.07) is 44.0. The second-order valence-electron chi connectivity index (χ2n) is 14.3. The number of carbonyl (C=O) groups excluding carboxylic acids is 2. The first-order valence-electron chi connectivity index (χ1n) is 18.8. The number of hydrogen-bond donors (Lipinski definition) is 0. The van der Waals surface area contributed by atoms with E-state index < -0.39 is 28.6 Å². The number of ether oxygens (including phenoxy) is 3. The molecule has 3 aliphatic rings. The number of esters is 2. The van der Waals surface area contributed by atoms with Crippen LogP contribution in [0, 0.1) is 17.3 Å². The van der Waals surface area contributed by atoms with E-state index in [0.717, 1.165) is 61.2 Å². The van der Waals surface area contributed by atoms with Crippen LogP contribution < -0.4 is 0 Å². The van der Waals surface area contributed by atoms with Crippen molar-refractivity contribution < 1.29 is 23.8 Å². The molecule has 0 fully saturated rings. The largest absolute Gasteiger partial charge is 0.465 e. The summed E-state index contributed by atoms with van der Waals surface area (Å²) >= 11 is 12.8. The molecular weight excluding hydrogens is 739 g/mol. The number of carbonyl (C=O) groups is 2. The van der Waals surface area contributed by atoms with Gasteiger partial charge in [0.2, 0.25) is 0 Å². The summed E-state index contributed by atoms with van der Waals surface area (Å²) in [4.78, 5) is 28.7. The van der Waals surface area contributed by atoms with E-state index in [2.05, 4.69) is 54.3 Å². The topological polar surface area (TPSA) is 61.8 Å². The molecule has 2 atom stereocenters. The van der Waals surface area contributed by atoms with Crippen molar-refractivity contribution in [3.05, 3.63) is 199 Å². The molecule has 5 nitrogen and oxygen atoms in total. The molecule has 2 bridgehead atoms. The van der Waals surface area contributed by atoms with Crippen LogP contribution in [0.1, 0.15) is 69.5 Å². The fourth-order valence-corrected chi connectivity index (χ4v) is 9.40.